The van der Waals surface area contributed by atoms with Crippen molar-refractivity contribution in [2.24, 2.45) is 0 Å². The number of H-pyrrole nitrogens is 1. The van der Waals surface area contributed by atoms with E-state index >= 15 is 0 Å². The molecule has 1 amide bonds. The summed E-state index contributed by atoms with van der Waals surface area (Å²) < 4.78 is 2.60. The van der Waals surface area contributed by atoms with Gasteiger partial charge in [0.05, 0.1) is 11.7 Å². The van der Waals surface area contributed by atoms with Gasteiger partial charge in [-0.3, -0.25) is 14.6 Å². The Labute approximate surface area is 169 Å². The minimum Gasteiger partial charge on any atom is -0.309 e. The van der Waals surface area contributed by atoms with Gasteiger partial charge in [0, 0.05) is 30.6 Å². The maximum atomic E-state index is 12.5. The quantitative estimate of drug-likeness (QED) is 0.515. The number of aromatic amines is 1. The number of nitriles is 1. The number of fused-ring (bicyclic) bond motifs is 1. The summed E-state index contributed by atoms with van der Waals surface area (Å²) in [6, 6.07) is 14.4. The minimum atomic E-state index is -0.599. The van der Waals surface area contributed by atoms with Crippen molar-refractivity contribution in [3.63, 3.8) is 0 Å². The molecule has 0 saturated heterocycles. The van der Waals surface area contributed by atoms with E-state index in [0.29, 0.717) is 5.82 Å². The number of nitrogens with zero attached hydrogens (tertiary/aromatic N) is 5. The summed E-state index contributed by atoms with van der Waals surface area (Å²) in [5.74, 6) is 0.216. The third kappa shape index (κ3) is 3.72. The van der Waals surface area contributed by atoms with Crippen LogP contribution in [0, 0.1) is 11.3 Å². The first-order valence-electron chi connectivity index (χ1n) is 8.99. The van der Waals surface area contributed by atoms with Crippen LogP contribution in [0.2, 0.25) is 0 Å². The van der Waals surface area contributed by atoms with E-state index in [-0.39, 0.29) is 24.3 Å². The number of para-hydroxylation sites is 1. The second-order valence-corrected chi connectivity index (χ2v) is 6.39. The fourth-order valence-electron chi connectivity index (χ4n) is 2.93. The normalized spacial score (nSPS) is 10.6. The van der Waals surface area contributed by atoms with Crippen molar-refractivity contribution in [2.45, 2.75) is 13.0 Å². The standard InChI is InChI=1S/C20H15N7O3/c21-11-14-12-22-27(16-6-5-13-3-1-2-4-15(13)23-16)19(14)24-17(28)7-9-26-10-8-18(29)25-20(26)30/h1-6,8,10,12H,7,9H2,(H,24,28)(H,25,29,30). The molecule has 148 valence electrons. The van der Waals surface area contributed by atoms with Crippen molar-refractivity contribution in [3.05, 3.63) is 81.3 Å². The number of aryl methyl sites for hydroxylation is 1. The lowest BCUT2D eigenvalue weighted by molar-refractivity contribution is -0.116. The van der Waals surface area contributed by atoms with Gasteiger partial charge in [-0.05, 0) is 18.2 Å². The molecule has 0 unspecified atom stereocenters. The first-order valence-corrected chi connectivity index (χ1v) is 8.99. The van der Waals surface area contributed by atoms with Crippen molar-refractivity contribution in [3.8, 4) is 11.9 Å². The SMILES string of the molecule is N#Cc1cnn(-c2ccc3ccccc3n2)c1NC(=O)CCn1ccc(=O)[nH]c1=O. The van der Waals surface area contributed by atoms with Crippen molar-refractivity contribution >= 4 is 22.6 Å². The van der Waals surface area contributed by atoms with Crippen LogP contribution < -0.4 is 16.6 Å². The summed E-state index contributed by atoms with van der Waals surface area (Å²) in [5.41, 5.74) is -0.178. The minimum absolute atomic E-state index is 0.0485. The van der Waals surface area contributed by atoms with E-state index < -0.39 is 17.2 Å². The molecule has 3 heterocycles. The van der Waals surface area contributed by atoms with Crippen LogP contribution in [0.15, 0.2) is 64.4 Å². The van der Waals surface area contributed by atoms with Gasteiger partial charge < -0.3 is 9.88 Å². The van der Waals surface area contributed by atoms with Gasteiger partial charge in [0.1, 0.15) is 11.6 Å². The van der Waals surface area contributed by atoms with Crippen molar-refractivity contribution in [1.82, 2.24) is 24.3 Å². The smallest absolute Gasteiger partial charge is 0.309 e. The molecular formula is C20H15N7O3. The van der Waals surface area contributed by atoms with E-state index in [4.69, 9.17) is 0 Å². The van der Waals surface area contributed by atoms with Crippen LogP contribution in [0.3, 0.4) is 0 Å². The Hall–Kier alpha value is -4.52. The molecule has 0 radical (unpaired) electrons. The fraction of sp³-hybridized carbons (Fsp3) is 0.100. The summed E-state index contributed by atoms with van der Waals surface area (Å²) in [5, 5.41) is 17.2. The molecule has 0 aliphatic rings. The van der Waals surface area contributed by atoms with Crippen molar-refractivity contribution in [2.75, 3.05) is 5.32 Å². The summed E-state index contributed by atoms with van der Waals surface area (Å²) in [6.45, 7) is 0.0612. The summed E-state index contributed by atoms with van der Waals surface area (Å²) in [6.07, 6.45) is 2.62. The molecule has 0 aliphatic heterocycles. The molecule has 10 nitrogen and oxygen atoms in total. The van der Waals surface area contributed by atoms with Gasteiger partial charge in [0.25, 0.3) is 5.56 Å². The monoisotopic (exact) mass is 401 g/mol. The maximum absolute atomic E-state index is 12.5. The van der Waals surface area contributed by atoms with E-state index in [9.17, 15) is 19.6 Å². The molecule has 4 aromatic rings. The van der Waals surface area contributed by atoms with Crippen LogP contribution in [0.4, 0.5) is 5.82 Å². The Balaban J connectivity index is 1.58. The number of amides is 1. The molecule has 0 spiro atoms. The molecule has 0 saturated carbocycles. The second kappa shape index (κ2) is 7.84. The van der Waals surface area contributed by atoms with Gasteiger partial charge in [0.15, 0.2) is 11.6 Å². The summed E-state index contributed by atoms with van der Waals surface area (Å²) in [4.78, 5) is 42.0. The lowest BCUT2D eigenvalue weighted by Gasteiger charge is -2.10. The number of nitrogens with one attached hydrogen (secondary N) is 2. The Morgan fingerprint density at radius 3 is 2.80 bits per heavy atom. The third-order valence-corrected chi connectivity index (χ3v) is 4.42. The number of benzene rings is 1. The summed E-state index contributed by atoms with van der Waals surface area (Å²) in [7, 11) is 0. The average molecular weight is 401 g/mol. The van der Waals surface area contributed by atoms with E-state index in [1.54, 1.807) is 6.07 Å². The van der Waals surface area contributed by atoms with Crippen LogP contribution in [-0.4, -0.2) is 30.2 Å². The van der Waals surface area contributed by atoms with E-state index in [1.165, 1.54) is 27.7 Å². The van der Waals surface area contributed by atoms with Crippen molar-refractivity contribution in [1.29, 1.82) is 5.26 Å². The molecule has 0 atom stereocenters. The van der Waals surface area contributed by atoms with Crippen LogP contribution in [-0.2, 0) is 11.3 Å². The maximum Gasteiger partial charge on any atom is 0.328 e. The Kier molecular flexibility index (Phi) is 4.92. The van der Waals surface area contributed by atoms with Gasteiger partial charge in [-0.2, -0.15) is 15.0 Å². The number of aromatic nitrogens is 5. The fourth-order valence-corrected chi connectivity index (χ4v) is 2.93. The molecule has 3 aromatic heterocycles. The van der Waals surface area contributed by atoms with Crippen LogP contribution in [0.5, 0.6) is 0 Å². The number of pyridine rings is 1. The lowest BCUT2D eigenvalue weighted by atomic mass is 10.2. The number of hydrogen-bond donors (Lipinski definition) is 2. The number of hydrogen-bond acceptors (Lipinski definition) is 6. The largest absolute Gasteiger partial charge is 0.328 e. The van der Waals surface area contributed by atoms with Gasteiger partial charge in [-0.25, -0.2) is 9.78 Å². The zero-order valence-corrected chi connectivity index (χ0v) is 15.6. The van der Waals surface area contributed by atoms with Crippen molar-refractivity contribution < 1.29 is 4.79 Å². The Bertz CT molecular complexity index is 1410. The van der Waals surface area contributed by atoms with Crippen LogP contribution in [0.1, 0.15) is 12.0 Å². The van der Waals surface area contributed by atoms with Gasteiger partial charge in [-0.15, -0.1) is 0 Å². The van der Waals surface area contributed by atoms with Gasteiger partial charge in [-0.1, -0.05) is 18.2 Å². The first-order chi connectivity index (χ1) is 14.5. The van der Waals surface area contributed by atoms with Gasteiger partial charge >= 0.3 is 5.69 Å². The average Bonchev–Trinajstić information content (AvgIpc) is 3.15. The molecule has 0 bridgehead atoms. The number of rotatable bonds is 5. The highest BCUT2D eigenvalue weighted by Gasteiger charge is 2.16. The van der Waals surface area contributed by atoms with Crippen LogP contribution >= 0.6 is 0 Å². The molecular weight excluding hydrogens is 386 g/mol. The topological polar surface area (TPSA) is 138 Å². The van der Waals surface area contributed by atoms with E-state index in [2.05, 4.69) is 20.4 Å². The summed E-state index contributed by atoms with van der Waals surface area (Å²) >= 11 is 0. The predicted molar refractivity (Wildman–Crippen MR) is 108 cm³/mol. The molecule has 1 aromatic carbocycles. The highest BCUT2D eigenvalue weighted by Crippen LogP contribution is 2.21. The molecule has 2 N–H and O–H groups in total. The van der Waals surface area contributed by atoms with E-state index in [0.717, 1.165) is 10.9 Å². The molecule has 10 heteroatoms. The second-order valence-electron chi connectivity index (χ2n) is 6.39. The molecule has 0 aliphatic carbocycles. The first kappa shape index (κ1) is 18.8. The lowest BCUT2D eigenvalue weighted by Crippen LogP contribution is -2.30. The zero-order chi connectivity index (χ0) is 21.1. The highest BCUT2D eigenvalue weighted by atomic mass is 16.2. The van der Waals surface area contributed by atoms with Crippen LogP contribution in [0.25, 0.3) is 16.7 Å². The number of carbonyl (C=O) groups excluding carboxylic acids is 1. The number of anilines is 1. The molecule has 30 heavy (non-hydrogen) atoms. The van der Waals surface area contributed by atoms with E-state index in [1.807, 2.05) is 36.4 Å². The Morgan fingerprint density at radius 1 is 1.17 bits per heavy atom. The Morgan fingerprint density at radius 2 is 2.00 bits per heavy atom. The molecule has 0 fully saturated rings. The zero-order valence-electron chi connectivity index (χ0n) is 15.6. The molecule has 4 rings (SSSR count). The van der Waals surface area contributed by atoms with Gasteiger partial charge in [0.2, 0.25) is 5.91 Å². The third-order valence-electron chi connectivity index (χ3n) is 4.42. The number of carbonyl (C=O) groups is 1. The highest BCUT2D eigenvalue weighted by molar-refractivity contribution is 5.91. The predicted octanol–water partition coefficient (Wildman–Crippen LogP) is 1.17.